The van der Waals surface area contributed by atoms with Crippen molar-refractivity contribution in [3.8, 4) is 11.1 Å². The molecule has 146 valence electrons. The lowest BCUT2D eigenvalue weighted by molar-refractivity contribution is -0.114. The van der Waals surface area contributed by atoms with E-state index in [1.54, 1.807) is 30.3 Å². The lowest BCUT2D eigenvalue weighted by atomic mass is 10.0. The van der Waals surface area contributed by atoms with Crippen LogP contribution in [0.3, 0.4) is 0 Å². The third kappa shape index (κ3) is 4.06. The summed E-state index contributed by atoms with van der Waals surface area (Å²) in [6.07, 6.45) is 3.89. The Hall–Kier alpha value is -2.19. The summed E-state index contributed by atoms with van der Waals surface area (Å²) >= 11 is 0. The lowest BCUT2D eigenvalue weighted by Crippen LogP contribution is -2.32. The van der Waals surface area contributed by atoms with Crippen LogP contribution in [0, 0.1) is 13.8 Å². The number of aromatic nitrogens is 1. The number of hydrogen-bond acceptors (Lipinski definition) is 5. The zero-order chi connectivity index (χ0) is 19.6. The third-order valence-corrected chi connectivity index (χ3v) is 6.85. The second-order valence-corrected chi connectivity index (χ2v) is 8.86. The Morgan fingerprint density at radius 1 is 1.15 bits per heavy atom. The number of sulfonamides is 1. The minimum absolute atomic E-state index is 0.224. The van der Waals surface area contributed by atoms with Gasteiger partial charge in [-0.2, -0.15) is 4.31 Å². The van der Waals surface area contributed by atoms with Crippen molar-refractivity contribution in [3.63, 3.8) is 0 Å². The first kappa shape index (κ1) is 19.6. The van der Waals surface area contributed by atoms with Gasteiger partial charge in [0.15, 0.2) is 0 Å². The van der Waals surface area contributed by atoms with Crippen molar-refractivity contribution in [3.05, 3.63) is 29.5 Å². The molecule has 1 aromatic heterocycles. The van der Waals surface area contributed by atoms with Crippen molar-refractivity contribution in [2.24, 2.45) is 0 Å². The summed E-state index contributed by atoms with van der Waals surface area (Å²) in [5, 5.41) is 6.52. The molecule has 0 saturated carbocycles. The van der Waals surface area contributed by atoms with E-state index in [0.717, 1.165) is 25.7 Å². The van der Waals surface area contributed by atoms with Crippen LogP contribution in [0.5, 0.6) is 0 Å². The summed E-state index contributed by atoms with van der Waals surface area (Å²) in [4.78, 5) is 11.7. The molecule has 8 heteroatoms. The summed E-state index contributed by atoms with van der Waals surface area (Å²) in [6, 6.07) is 5.26. The van der Waals surface area contributed by atoms with Crippen molar-refractivity contribution in [2.75, 3.05) is 18.4 Å². The standard InChI is InChI=1S/C19H25N3O4S/c1-13-8-9-16(18-14(2)21-26-19(18)20-15(3)23)12-17(13)27(24,25)22-10-6-4-5-7-11-22/h8-9,12H,4-7,10-11H2,1-3H3,(H,20,23). The molecule has 3 rings (SSSR count). The molecule has 1 aromatic carbocycles. The van der Waals surface area contributed by atoms with E-state index in [1.807, 2.05) is 6.07 Å². The molecule has 7 nitrogen and oxygen atoms in total. The molecule has 0 spiro atoms. The quantitative estimate of drug-likeness (QED) is 0.861. The molecule has 1 fully saturated rings. The molecule has 0 bridgehead atoms. The van der Waals surface area contributed by atoms with Gasteiger partial charge in [-0.15, -0.1) is 0 Å². The zero-order valence-corrected chi connectivity index (χ0v) is 16.7. The Bertz CT molecular complexity index is 942. The first-order chi connectivity index (χ1) is 12.8. The summed E-state index contributed by atoms with van der Waals surface area (Å²) in [6.45, 7) is 6.04. The van der Waals surface area contributed by atoms with Gasteiger partial charge in [0.05, 0.1) is 16.2 Å². The third-order valence-electron chi connectivity index (χ3n) is 4.81. The molecule has 2 aromatic rings. The second kappa shape index (κ2) is 7.82. The predicted octanol–water partition coefficient (Wildman–Crippen LogP) is 3.48. The maximum absolute atomic E-state index is 13.2. The summed E-state index contributed by atoms with van der Waals surface area (Å²) < 4.78 is 33.3. The fourth-order valence-corrected chi connectivity index (χ4v) is 5.18. The minimum atomic E-state index is -3.58. The van der Waals surface area contributed by atoms with Gasteiger partial charge in [0.25, 0.3) is 0 Å². The van der Waals surface area contributed by atoms with E-state index >= 15 is 0 Å². The van der Waals surface area contributed by atoms with Gasteiger partial charge >= 0.3 is 0 Å². The van der Waals surface area contributed by atoms with Crippen LogP contribution in [0.15, 0.2) is 27.6 Å². The number of amides is 1. The van der Waals surface area contributed by atoms with Gasteiger partial charge in [-0.3, -0.25) is 10.1 Å². The number of benzene rings is 1. The van der Waals surface area contributed by atoms with Crippen LogP contribution in [-0.2, 0) is 14.8 Å². The largest absolute Gasteiger partial charge is 0.337 e. The summed E-state index contributed by atoms with van der Waals surface area (Å²) in [7, 11) is -3.58. The average molecular weight is 391 g/mol. The molecule has 1 aliphatic heterocycles. The van der Waals surface area contributed by atoms with Crippen molar-refractivity contribution in [1.29, 1.82) is 0 Å². The van der Waals surface area contributed by atoms with Gasteiger partial charge in [0.1, 0.15) is 0 Å². The Morgan fingerprint density at radius 3 is 2.44 bits per heavy atom. The molecule has 2 heterocycles. The monoisotopic (exact) mass is 391 g/mol. The number of carbonyl (C=O) groups excluding carboxylic acids is 1. The number of aryl methyl sites for hydroxylation is 2. The van der Waals surface area contributed by atoms with E-state index in [-0.39, 0.29) is 16.7 Å². The summed E-state index contributed by atoms with van der Waals surface area (Å²) in [5.41, 5.74) is 2.52. The highest BCUT2D eigenvalue weighted by Gasteiger charge is 2.28. The lowest BCUT2D eigenvalue weighted by Gasteiger charge is -2.21. The molecule has 0 aliphatic carbocycles. The molecule has 1 saturated heterocycles. The van der Waals surface area contributed by atoms with Crippen molar-refractivity contribution >= 4 is 21.8 Å². The highest BCUT2D eigenvalue weighted by atomic mass is 32.2. The molecule has 1 aliphatic rings. The Balaban J connectivity index is 2.05. The van der Waals surface area contributed by atoms with Gasteiger partial charge in [0.2, 0.25) is 21.8 Å². The van der Waals surface area contributed by atoms with Gasteiger partial charge < -0.3 is 4.52 Å². The van der Waals surface area contributed by atoms with Crippen molar-refractivity contribution in [2.45, 2.75) is 51.3 Å². The smallest absolute Gasteiger partial charge is 0.243 e. The number of nitrogens with zero attached hydrogens (tertiary/aromatic N) is 2. The maximum atomic E-state index is 13.2. The van der Waals surface area contributed by atoms with Crippen LogP contribution in [0.25, 0.3) is 11.1 Å². The number of rotatable bonds is 4. The Morgan fingerprint density at radius 2 is 1.81 bits per heavy atom. The van der Waals surface area contributed by atoms with E-state index in [1.165, 1.54) is 6.92 Å². The Kier molecular flexibility index (Phi) is 5.67. The molecule has 0 unspecified atom stereocenters. The first-order valence-electron chi connectivity index (χ1n) is 9.15. The topological polar surface area (TPSA) is 92.5 Å². The number of anilines is 1. The van der Waals surface area contributed by atoms with Crippen molar-refractivity contribution in [1.82, 2.24) is 9.46 Å². The van der Waals surface area contributed by atoms with Crippen molar-refractivity contribution < 1.29 is 17.7 Å². The normalized spacial score (nSPS) is 16.1. The zero-order valence-electron chi connectivity index (χ0n) is 15.9. The van der Waals surface area contributed by atoms with Crippen LogP contribution in [0.4, 0.5) is 5.88 Å². The van der Waals surface area contributed by atoms with E-state index in [2.05, 4.69) is 10.5 Å². The second-order valence-electron chi connectivity index (χ2n) is 6.95. The molecule has 0 radical (unpaired) electrons. The van der Waals surface area contributed by atoms with Crippen LogP contribution in [-0.4, -0.2) is 36.9 Å². The molecular formula is C19H25N3O4S. The number of hydrogen-bond donors (Lipinski definition) is 1. The average Bonchev–Trinajstić information content (AvgIpc) is 2.82. The highest BCUT2D eigenvalue weighted by Crippen LogP contribution is 2.34. The highest BCUT2D eigenvalue weighted by molar-refractivity contribution is 7.89. The van der Waals surface area contributed by atoms with Gasteiger partial charge in [-0.25, -0.2) is 8.42 Å². The van der Waals surface area contributed by atoms with Crippen LogP contribution in [0.2, 0.25) is 0 Å². The molecule has 27 heavy (non-hydrogen) atoms. The number of nitrogens with one attached hydrogen (secondary N) is 1. The van der Waals surface area contributed by atoms with Crippen LogP contribution in [0.1, 0.15) is 43.9 Å². The molecule has 1 N–H and O–H groups in total. The Labute approximate surface area is 159 Å². The van der Waals surface area contributed by atoms with E-state index in [9.17, 15) is 13.2 Å². The van der Waals surface area contributed by atoms with Gasteiger partial charge in [-0.05, 0) is 43.9 Å². The van der Waals surface area contributed by atoms with E-state index in [0.29, 0.717) is 35.5 Å². The molecular weight excluding hydrogens is 366 g/mol. The van der Waals surface area contributed by atoms with E-state index < -0.39 is 10.0 Å². The molecule has 1 amide bonds. The maximum Gasteiger partial charge on any atom is 0.243 e. The SMILES string of the molecule is CC(=O)Nc1onc(C)c1-c1ccc(C)c(S(=O)(=O)N2CCCCCC2)c1. The van der Waals surface area contributed by atoms with E-state index in [4.69, 9.17) is 4.52 Å². The van der Waals surface area contributed by atoms with Crippen LogP contribution >= 0.6 is 0 Å². The molecule has 0 atom stereocenters. The summed E-state index contributed by atoms with van der Waals surface area (Å²) in [5.74, 6) is -0.0566. The van der Waals surface area contributed by atoms with Gasteiger partial charge in [0, 0.05) is 20.0 Å². The fraction of sp³-hybridized carbons (Fsp3) is 0.474. The fourth-order valence-electron chi connectivity index (χ4n) is 3.41. The number of carbonyl (C=O) groups is 1. The predicted molar refractivity (Wildman–Crippen MR) is 103 cm³/mol. The minimum Gasteiger partial charge on any atom is -0.337 e. The first-order valence-corrected chi connectivity index (χ1v) is 10.6. The van der Waals surface area contributed by atoms with Crippen LogP contribution < -0.4 is 5.32 Å². The van der Waals surface area contributed by atoms with Gasteiger partial charge in [-0.1, -0.05) is 30.1 Å².